The van der Waals surface area contributed by atoms with Crippen LogP contribution < -0.4 is 0 Å². The fraction of sp³-hybridized carbons (Fsp3) is 0.346. The van der Waals surface area contributed by atoms with Gasteiger partial charge in [-0.15, -0.1) is 0 Å². The van der Waals surface area contributed by atoms with Gasteiger partial charge in [-0.3, -0.25) is 9.88 Å². The highest BCUT2D eigenvalue weighted by Gasteiger charge is 2.27. The molecule has 0 amide bonds. The first kappa shape index (κ1) is 18.9. The minimum Gasteiger partial charge on any atom is -0.299 e. The van der Waals surface area contributed by atoms with Crippen LogP contribution in [0.5, 0.6) is 0 Å². The van der Waals surface area contributed by atoms with Crippen molar-refractivity contribution in [2.75, 3.05) is 13.1 Å². The summed E-state index contributed by atoms with van der Waals surface area (Å²) >= 11 is 0. The Kier molecular flexibility index (Phi) is 5.59. The Morgan fingerprint density at radius 1 is 1.00 bits per heavy atom. The molecular weight excluding hydrogens is 340 g/mol. The molecule has 2 heteroatoms. The van der Waals surface area contributed by atoms with Gasteiger partial charge in [0.25, 0.3) is 0 Å². The zero-order chi connectivity index (χ0) is 19.4. The smallest absolute Gasteiger partial charge is 0.0711 e. The zero-order valence-corrected chi connectivity index (χ0v) is 17.1. The number of hydrogen-bond acceptors (Lipinski definition) is 2. The Hall–Kier alpha value is -2.45. The van der Waals surface area contributed by atoms with Crippen LogP contribution in [0.1, 0.15) is 43.5 Å². The van der Waals surface area contributed by atoms with E-state index in [-0.39, 0.29) is 5.41 Å². The average Bonchev–Trinajstić information content (AvgIpc) is 2.74. The van der Waals surface area contributed by atoms with Gasteiger partial charge in [0.05, 0.1) is 5.52 Å². The highest BCUT2D eigenvalue weighted by atomic mass is 15.1. The van der Waals surface area contributed by atoms with Gasteiger partial charge in [-0.05, 0) is 61.0 Å². The lowest BCUT2D eigenvalue weighted by Crippen LogP contribution is -2.37. The molecule has 0 bridgehead atoms. The van der Waals surface area contributed by atoms with Crippen molar-refractivity contribution >= 4 is 17.0 Å². The topological polar surface area (TPSA) is 16.1 Å². The molecule has 1 saturated heterocycles. The third-order valence-corrected chi connectivity index (χ3v) is 6.06. The molecule has 1 aromatic heterocycles. The highest BCUT2D eigenvalue weighted by molar-refractivity contribution is 5.81. The van der Waals surface area contributed by atoms with Crippen LogP contribution in [-0.2, 0) is 13.0 Å². The minimum absolute atomic E-state index is 0.279. The van der Waals surface area contributed by atoms with E-state index in [9.17, 15) is 0 Å². The molecule has 2 nitrogen and oxygen atoms in total. The molecule has 0 unspecified atom stereocenters. The molecule has 1 aliphatic heterocycles. The zero-order valence-electron chi connectivity index (χ0n) is 17.1. The summed E-state index contributed by atoms with van der Waals surface area (Å²) in [4.78, 5) is 7.36. The first-order valence-corrected chi connectivity index (χ1v) is 10.5. The van der Waals surface area contributed by atoms with Crippen molar-refractivity contribution in [2.24, 2.45) is 5.41 Å². The maximum absolute atomic E-state index is 4.78. The standard InChI is InChI=1S/C26H30N2/c1-3-24-12-11-23-10-9-21(19-25(23)27-24)13-14-26(2)15-17-28(18-16-26)20-22-7-5-4-6-8-22/h4-14,19H,3,15-18,20H2,1-2H3/b14-13+. The van der Waals surface area contributed by atoms with E-state index in [1.165, 1.54) is 29.4 Å². The monoisotopic (exact) mass is 370 g/mol. The quantitative estimate of drug-likeness (QED) is 0.538. The number of aryl methyl sites for hydroxylation is 1. The van der Waals surface area contributed by atoms with Crippen LogP contribution in [0.25, 0.3) is 17.0 Å². The second-order valence-electron chi connectivity index (χ2n) is 8.36. The van der Waals surface area contributed by atoms with Gasteiger partial charge in [-0.1, -0.05) is 74.5 Å². The lowest BCUT2D eigenvalue weighted by atomic mass is 9.79. The predicted octanol–water partition coefficient (Wildman–Crippen LogP) is 6.11. The molecule has 1 aliphatic rings. The van der Waals surface area contributed by atoms with E-state index in [2.05, 4.69) is 91.6 Å². The number of allylic oxidation sites excluding steroid dienone is 1. The molecule has 0 N–H and O–H groups in total. The Balaban J connectivity index is 1.41. The summed E-state index contributed by atoms with van der Waals surface area (Å²) in [6.07, 6.45) is 8.13. The van der Waals surface area contributed by atoms with E-state index in [1.807, 2.05) is 0 Å². The lowest BCUT2D eigenvalue weighted by Gasteiger charge is -2.37. The molecule has 0 spiro atoms. The van der Waals surface area contributed by atoms with Crippen LogP contribution in [-0.4, -0.2) is 23.0 Å². The molecule has 0 aliphatic carbocycles. The van der Waals surface area contributed by atoms with Crippen molar-refractivity contribution in [1.82, 2.24) is 9.88 Å². The first-order valence-electron chi connectivity index (χ1n) is 10.5. The van der Waals surface area contributed by atoms with Crippen LogP contribution in [0.2, 0.25) is 0 Å². The molecule has 1 fully saturated rings. The van der Waals surface area contributed by atoms with Gasteiger partial charge in [-0.2, -0.15) is 0 Å². The molecule has 28 heavy (non-hydrogen) atoms. The number of pyridine rings is 1. The Labute approximate surface area is 168 Å². The average molecular weight is 371 g/mol. The summed E-state index contributed by atoms with van der Waals surface area (Å²) in [5.41, 5.74) is 5.20. The van der Waals surface area contributed by atoms with Gasteiger partial charge < -0.3 is 0 Å². The van der Waals surface area contributed by atoms with E-state index in [1.54, 1.807) is 0 Å². The van der Waals surface area contributed by atoms with E-state index < -0.39 is 0 Å². The van der Waals surface area contributed by atoms with Crippen molar-refractivity contribution in [3.8, 4) is 0 Å². The highest BCUT2D eigenvalue weighted by Crippen LogP contribution is 2.33. The van der Waals surface area contributed by atoms with Crippen LogP contribution in [0.15, 0.2) is 66.7 Å². The SMILES string of the molecule is CCc1ccc2ccc(/C=C/C3(C)CCN(Cc4ccccc4)CC3)cc2n1. The fourth-order valence-electron chi connectivity index (χ4n) is 4.00. The largest absolute Gasteiger partial charge is 0.299 e. The Morgan fingerprint density at radius 3 is 2.50 bits per heavy atom. The molecule has 2 heterocycles. The maximum atomic E-state index is 4.78. The summed E-state index contributed by atoms with van der Waals surface area (Å²) in [5, 5.41) is 1.22. The second kappa shape index (κ2) is 8.28. The van der Waals surface area contributed by atoms with Gasteiger partial charge in [0.2, 0.25) is 0 Å². The maximum Gasteiger partial charge on any atom is 0.0711 e. The van der Waals surface area contributed by atoms with Crippen molar-refractivity contribution in [1.29, 1.82) is 0 Å². The summed E-state index contributed by atoms with van der Waals surface area (Å²) < 4.78 is 0. The van der Waals surface area contributed by atoms with Gasteiger partial charge >= 0.3 is 0 Å². The number of piperidine rings is 1. The second-order valence-corrected chi connectivity index (χ2v) is 8.36. The number of likely N-dealkylation sites (tertiary alicyclic amines) is 1. The summed E-state index contributed by atoms with van der Waals surface area (Å²) in [6.45, 7) is 7.95. The first-order chi connectivity index (χ1) is 13.6. The van der Waals surface area contributed by atoms with E-state index in [0.29, 0.717) is 0 Å². The molecule has 144 valence electrons. The molecule has 4 rings (SSSR count). The van der Waals surface area contributed by atoms with Crippen LogP contribution >= 0.6 is 0 Å². The minimum atomic E-state index is 0.279. The van der Waals surface area contributed by atoms with Gasteiger partial charge in [-0.25, -0.2) is 0 Å². The van der Waals surface area contributed by atoms with Gasteiger partial charge in [0, 0.05) is 17.6 Å². The molecular formula is C26H30N2. The number of rotatable bonds is 5. The fourth-order valence-corrected chi connectivity index (χ4v) is 4.00. The summed E-state index contributed by atoms with van der Waals surface area (Å²) in [7, 11) is 0. The molecule has 0 saturated carbocycles. The van der Waals surface area contributed by atoms with Crippen molar-refractivity contribution in [3.05, 3.63) is 83.6 Å². The van der Waals surface area contributed by atoms with Crippen LogP contribution in [0.4, 0.5) is 0 Å². The van der Waals surface area contributed by atoms with Gasteiger partial charge in [0.1, 0.15) is 0 Å². The number of fused-ring (bicyclic) bond motifs is 1. The van der Waals surface area contributed by atoms with Crippen molar-refractivity contribution in [2.45, 2.75) is 39.7 Å². The van der Waals surface area contributed by atoms with Crippen molar-refractivity contribution in [3.63, 3.8) is 0 Å². The summed E-state index contributed by atoms with van der Waals surface area (Å²) in [5.74, 6) is 0. The third-order valence-electron chi connectivity index (χ3n) is 6.06. The molecule has 2 aromatic carbocycles. The van der Waals surface area contributed by atoms with Crippen LogP contribution in [0.3, 0.4) is 0 Å². The lowest BCUT2D eigenvalue weighted by molar-refractivity contribution is 0.146. The van der Waals surface area contributed by atoms with Gasteiger partial charge in [0.15, 0.2) is 0 Å². The number of nitrogens with zero attached hydrogens (tertiary/aromatic N) is 2. The van der Waals surface area contributed by atoms with E-state index in [0.717, 1.165) is 37.3 Å². The summed E-state index contributed by atoms with van der Waals surface area (Å²) in [6, 6.07) is 21.7. The molecule has 3 aromatic rings. The van der Waals surface area contributed by atoms with E-state index in [4.69, 9.17) is 4.98 Å². The number of hydrogen-bond donors (Lipinski definition) is 0. The number of aromatic nitrogens is 1. The Morgan fingerprint density at radius 2 is 1.75 bits per heavy atom. The molecule has 0 atom stereocenters. The van der Waals surface area contributed by atoms with Crippen LogP contribution in [0, 0.1) is 5.41 Å². The third kappa shape index (κ3) is 4.51. The van der Waals surface area contributed by atoms with Crippen molar-refractivity contribution < 1.29 is 0 Å². The number of benzene rings is 2. The molecule has 0 radical (unpaired) electrons. The van der Waals surface area contributed by atoms with E-state index >= 15 is 0 Å². The predicted molar refractivity (Wildman–Crippen MR) is 119 cm³/mol. The normalized spacial score (nSPS) is 17.4. The Bertz CT molecular complexity index is 951.